The minimum Gasteiger partial charge on any atom is -0.289 e. The molecule has 2 N–H and O–H groups in total. The Morgan fingerprint density at radius 3 is 2.82 bits per heavy atom. The molecule has 0 bridgehead atoms. The Hall–Kier alpha value is -0.390. The molecular weight excluding hydrogens is 230 g/mol. The summed E-state index contributed by atoms with van der Waals surface area (Å²) < 4.78 is 21.9. The first-order valence-corrected chi connectivity index (χ1v) is 4.71. The Morgan fingerprint density at radius 1 is 1.55 bits per heavy atom. The van der Waals surface area contributed by atoms with Gasteiger partial charge in [-0.2, -0.15) is 0 Å². The summed E-state index contributed by atoms with van der Waals surface area (Å²) in [5.41, 5.74) is 0.611. The molecular formula is C6H6BrNO2S. The molecule has 0 amide bonds. The molecule has 0 aromatic heterocycles. The van der Waals surface area contributed by atoms with E-state index in [1.54, 1.807) is 18.2 Å². The van der Waals surface area contributed by atoms with Crippen molar-refractivity contribution in [3.8, 4) is 0 Å². The maximum atomic E-state index is 10.3. The van der Waals surface area contributed by atoms with Gasteiger partial charge in [0.05, 0.1) is 0 Å². The Kier molecular flexibility index (Phi) is 3.04. The van der Waals surface area contributed by atoms with Crippen LogP contribution in [0, 0.1) is 0 Å². The maximum absolute atomic E-state index is 10.3. The van der Waals surface area contributed by atoms with E-state index < -0.39 is 11.3 Å². The van der Waals surface area contributed by atoms with Gasteiger partial charge in [-0.3, -0.25) is 9.27 Å². The van der Waals surface area contributed by atoms with E-state index in [2.05, 4.69) is 20.7 Å². The van der Waals surface area contributed by atoms with Crippen LogP contribution < -0.4 is 4.72 Å². The van der Waals surface area contributed by atoms with Gasteiger partial charge in [-0.25, -0.2) is 4.21 Å². The van der Waals surface area contributed by atoms with E-state index in [4.69, 9.17) is 4.55 Å². The summed E-state index contributed by atoms with van der Waals surface area (Å²) in [5.74, 6) is 0. The summed E-state index contributed by atoms with van der Waals surface area (Å²) in [7, 11) is 0. The van der Waals surface area contributed by atoms with Crippen molar-refractivity contribution in [1.29, 1.82) is 0 Å². The first-order valence-electron chi connectivity index (χ1n) is 2.81. The molecule has 0 saturated carbocycles. The lowest BCUT2D eigenvalue weighted by Crippen LogP contribution is -2.01. The van der Waals surface area contributed by atoms with Crippen LogP contribution in [0.5, 0.6) is 0 Å². The van der Waals surface area contributed by atoms with Gasteiger partial charge in [0, 0.05) is 10.2 Å². The van der Waals surface area contributed by atoms with Crippen LogP contribution in [0.3, 0.4) is 0 Å². The molecule has 0 aliphatic rings. The summed E-state index contributed by atoms with van der Waals surface area (Å²) in [6, 6.07) is 7.04. The predicted molar refractivity (Wildman–Crippen MR) is 48.5 cm³/mol. The Balaban J connectivity index is 2.79. The molecule has 0 spiro atoms. The summed E-state index contributed by atoms with van der Waals surface area (Å²) >= 11 is 1.24. The van der Waals surface area contributed by atoms with Gasteiger partial charge in [0.2, 0.25) is 0 Å². The molecule has 60 valence electrons. The summed E-state index contributed by atoms with van der Waals surface area (Å²) in [6.07, 6.45) is 0. The second kappa shape index (κ2) is 3.85. The zero-order chi connectivity index (χ0) is 8.27. The molecule has 1 unspecified atom stereocenters. The van der Waals surface area contributed by atoms with E-state index in [9.17, 15) is 4.21 Å². The number of rotatable bonds is 2. The van der Waals surface area contributed by atoms with Crippen molar-refractivity contribution in [3.05, 3.63) is 28.7 Å². The van der Waals surface area contributed by atoms with E-state index in [1.165, 1.54) is 0 Å². The van der Waals surface area contributed by atoms with Crippen LogP contribution in [0.1, 0.15) is 0 Å². The van der Waals surface area contributed by atoms with Crippen LogP contribution in [0.2, 0.25) is 0 Å². The van der Waals surface area contributed by atoms with Crippen molar-refractivity contribution < 1.29 is 8.76 Å². The Labute approximate surface area is 75.4 Å². The Morgan fingerprint density at radius 2 is 2.27 bits per heavy atom. The largest absolute Gasteiger partial charge is 0.289 e. The summed E-state index contributed by atoms with van der Waals surface area (Å²) in [6.45, 7) is 0. The number of benzene rings is 1. The van der Waals surface area contributed by atoms with Crippen LogP contribution in [0.25, 0.3) is 0 Å². The molecule has 3 nitrogen and oxygen atoms in total. The molecule has 11 heavy (non-hydrogen) atoms. The highest BCUT2D eigenvalue weighted by Gasteiger charge is 1.94. The molecule has 0 aliphatic heterocycles. The van der Waals surface area contributed by atoms with Crippen LogP contribution in [0.4, 0.5) is 5.69 Å². The fraction of sp³-hybridized carbons (Fsp3) is 0. The lowest BCUT2D eigenvalue weighted by Gasteiger charge is -1.99. The molecule has 1 aromatic rings. The first-order chi connectivity index (χ1) is 5.18. The molecule has 0 saturated heterocycles. The predicted octanol–water partition coefficient (Wildman–Crippen LogP) is 2.00. The van der Waals surface area contributed by atoms with E-state index in [0.29, 0.717) is 5.69 Å². The quantitative estimate of drug-likeness (QED) is 0.771. The van der Waals surface area contributed by atoms with Crippen molar-refractivity contribution in [1.82, 2.24) is 0 Å². The number of halogens is 1. The SMILES string of the molecule is O=S(O)Nc1cccc(Br)c1. The average molecular weight is 236 g/mol. The zero-order valence-corrected chi connectivity index (χ0v) is 7.85. The summed E-state index contributed by atoms with van der Waals surface area (Å²) in [5, 5.41) is 0. The Bertz CT molecular complexity index is 279. The van der Waals surface area contributed by atoms with Crippen molar-refractivity contribution in [2.75, 3.05) is 4.72 Å². The standard InChI is InChI=1S/C6H6BrNO2S/c7-5-2-1-3-6(4-5)8-11(9)10/h1-4,8H,(H,9,10). The van der Waals surface area contributed by atoms with Crippen molar-refractivity contribution in [2.24, 2.45) is 0 Å². The van der Waals surface area contributed by atoms with Gasteiger partial charge in [0.25, 0.3) is 11.3 Å². The third kappa shape index (κ3) is 3.00. The molecule has 1 rings (SSSR count). The van der Waals surface area contributed by atoms with Gasteiger partial charge in [0.15, 0.2) is 0 Å². The molecule has 0 heterocycles. The monoisotopic (exact) mass is 235 g/mol. The number of hydrogen-bond acceptors (Lipinski definition) is 1. The molecule has 0 radical (unpaired) electrons. The molecule has 1 atom stereocenters. The zero-order valence-electron chi connectivity index (χ0n) is 5.45. The van der Waals surface area contributed by atoms with Gasteiger partial charge in [0.1, 0.15) is 0 Å². The van der Waals surface area contributed by atoms with Crippen LogP contribution >= 0.6 is 15.9 Å². The van der Waals surface area contributed by atoms with E-state index in [0.717, 1.165) is 4.47 Å². The van der Waals surface area contributed by atoms with E-state index in [1.807, 2.05) is 6.07 Å². The summed E-state index contributed by atoms with van der Waals surface area (Å²) in [4.78, 5) is 0. The van der Waals surface area contributed by atoms with Crippen LogP contribution in [-0.4, -0.2) is 8.76 Å². The third-order valence-electron chi connectivity index (χ3n) is 1.03. The number of nitrogens with one attached hydrogen (secondary N) is 1. The third-order valence-corrected chi connectivity index (χ3v) is 1.93. The van der Waals surface area contributed by atoms with E-state index in [-0.39, 0.29) is 0 Å². The smallest absolute Gasteiger partial charge is 0.259 e. The average Bonchev–Trinajstić information content (AvgIpc) is 1.85. The van der Waals surface area contributed by atoms with Crippen LogP contribution in [0.15, 0.2) is 28.7 Å². The lowest BCUT2D eigenvalue weighted by molar-refractivity contribution is 0.570. The molecule has 0 fully saturated rings. The van der Waals surface area contributed by atoms with Gasteiger partial charge >= 0.3 is 0 Å². The van der Waals surface area contributed by atoms with Crippen molar-refractivity contribution in [2.45, 2.75) is 0 Å². The highest BCUT2D eigenvalue weighted by Crippen LogP contribution is 2.15. The second-order valence-corrected chi connectivity index (χ2v) is 3.48. The normalized spacial score (nSPS) is 12.5. The van der Waals surface area contributed by atoms with Gasteiger partial charge in [-0.15, -0.1) is 0 Å². The highest BCUT2D eigenvalue weighted by molar-refractivity contribution is 9.10. The molecule has 1 aromatic carbocycles. The maximum Gasteiger partial charge on any atom is 0.259 e. The van der Waals surface area contributed by atoms with Gasteiger partial charge < -0.3 is 0 Å². The van der Waals surface area contributed by atoms with Crippen LogP contribution in [-0.2, 0) is 11.3 Å². The highest BCUT2D eigenvalue weighted by atomic mass is 79.9. The minimum atomic E-state index is -2.00. The first kappa shape index (κ1) is 8.70. The fourth-order valence-corrected chi connectivity index (χ4v) is 1.38. The van der Waals surface area contributed by atoms with E-state index >= 15 is 0 Å². The number of anilines is 1. The fourth-order valence-electron chi connectivity index (χ4n) is 0.653. The second-order valence-electron chi connectivity index (χ2n) is 1.86. The minimum absolute atomic E-state index is 0.611. The van der Waals surface area contributed by atoms with Gasteiger partial charge in [-0.05, 0) is 18.2 Å². The molecule has 0 aliphatic carbocycles. The van der Waals surface area contributed by atoms with Crippen molar-refractivity contribution >= 4 is 32.9 Å². The topological polar surface area (TPSA) is 49.3 Å². The van der Waals surface area contributed by atoms with Crippen molar-refractivity contribution in [3.63, 3.8) is 0 Å². The molecule has 5 heteroatoms. The van der Waals surface area contributed by atoms with Gasteiger partial charge in [-0.1, -0.05) is 22.0 Å². The number of hydrogen-bond donors (Lipinski definition) is 2. The lowest BCUT2D eigenvalue weighted by atomic mass is 10.3.